The van der Waals surface area contributed by atoms with Crippen LogP contribution in [0.1, 0.15) is 5.56 Å². The molecule has 0 amide bonds. The number of nitro benzene ring substituents is 1. The lowest BCUT2D eigenvalue weighted by molar-refractivity contribution is -0.385. The van der Waals surface area contributed by atoms with Gasteiger partial charge < -0.3 is 0 Å². The number of rotatable bonds is 8. The van der Waals surface area contributed by atoms with Crippen molar-refractivity contribution >= 4 is 39.3 Å². The molecule has 16 heteroatoms. The Kier molecular flexibility index (Phi) is 6.63. The van der Waals surface area contributed by atoms with Gasteiger partial charge in [0.15, 0.2) is 0 Å². The third kappa shape index (κ3) is 4.97. The number of benzene rings is 2. The fraction of sp³-hybridized carbons (Fsp3) is 0. The van der Waals surface area contributed by atoms with Crippen molar-refractivity contribution < 1.29 is 13.3 Å². The first-order chi connectivity index (χ1) is 18.3. The normalized spacial score (nSPS) is 11.7. The number of nitrogens with zero attached hydrogens (tertiary/aromatic N) is 8. The first-order valence-corrected chi connectivity index (χ1v) is 13.0. The highest BCUT2D eigenvalue weighted by molar-refractivity contribution is 7.99. The molecule has 38 heavy (non-hydrogen) atoms. The van der Waals surface area contributed by atoms with Crippen LogP contribution in [0.4, 0.5) is 5.69 Å². The lowest BCUT2D eigenvalue weighted by Crippen LogP contribution is -2.23. The van der Waals surface area contributed by atoms with Crippen molar-refractivity contribution in [2.75, 3.05) is 0 Å². The molecule has 3 heterocycles. The van der Waals surface area contributed by atoms with Crippen LogP contribution >= 0.6 is 11.8 Å². The van der Waals surface area contributed by atoms with Crippen LogP contribution in [0, 0.1) is 10.1 Å². The number of non-ortho nitro benzene ring substituents is 1. The van der Waals surface area contributed by atoms with Gasteiger partial charge in [0.1, 0.15) is 10.7 Å². The van der Waals surface area contributed by atoms with Crippen LogP contribution in [-0.2, 0) is 10.0 Å². The van der Waals surface area contributed by atoms with E-state index in [0.717, 1.165) is 30.1 Å². The van der Waals surface area contributed by atoms with Gasteiger partial charge >= 0.3 is 0 Å². The standard InChI is InChI=1S/C22H15N9O5S2/c32-21-18(14-23-28-38(35,36)17-10-6-9-16(13-17)31(33)34)20(24-19-11-4-5-12-29(19)21)37-22-25-26-27-30(22)15-7-2-1-3-8-15/h1-14,28H/b23-14+. The van der Waals surface area contributed by atoms with Crippen molar-refractivity contribution in [2.24, 2.45) is 5.10 Å². The van der Waals surface area contributed by atoms with E-state index >= 15 is 0 Å². The molecule has 0 spiro atoms. The molecule has 1 N–H and O–H groups in total. The number of aromatic nitrogens is 6. The van der Waals surface area contributed by atoms with E-state index in [1.54, 1.807) is 30.3 Å². The Hall–Kier alpha value is -4.96. The molecule has 0 saturated heterocycles. The second kappa shape index (κ2) is 10.2. The summed E-state index contributed by atoms with van der Waals surface area (Å²) in [7, 11) is -4.27. The van der Waals surface area contributed by atoms with Gasteiger partial charge in [-0.1, -0.05) is 30.3 Å². The zero-order valence-corrected chi connectivity index (χ0v) is 20.7. The average molecular weight is 550 g/mol. The molecule has 0 unspecified atom stereocenters. The van der Waals surface area contributed by atoms with Gasteiger partial charge in [0.2, 0.25) is 5.16 Å². The fourth-order valence-electron chi connectivity index (χ4n) is 3.31. The number of nitro groups is 1. The number of fused-ring (bicyclic) bond motifs is 1. The predicted octanol–water partition coefficient (Wildman–Crippen LogP) is 2.04. The molecule has 14 nitrogen and oxygen atoms in total. The number of hydrazone groups is 1. The Morgan fingerprint density at radius 2 is 1.84 bits per heavy atom. The van der Waals surface area contributed by atoms with E-state index in [9.17, 15) is 23.3 Å². The van der Waals surface area contributed by atoms with Crippen molar-refractivity contribution in [2.45, 2.75) is 15.1 Å². The minimum atomic E-state index is -4.27. The van der Waals surface area contributed by atoms with Crippen LogP contribution in [0.5, 0.6) is 0 Å². The van der Waals surface area contributed by atoms with Crippen molar-refractivity contribution in [3.05, 3.63) is 105 Å². The Morgan fingerprint density at radius 3 is 2.63 bits per heavy atom. The summed E-state index contributed by atoms with van der Waals surface area (Å²) in [5.41, 5.74) is 0.0624. The number of hydrogen-bond acceptors (Lipinski definition) is 11. The van der Waals surface area contributed by atoms with E-state index < -0.39 is 26.2 Å². The topological polar surface area (TPSA) is 180 Å². The summed E-state index contributed by atoms with van der Waals surface area (Å²) in [6.45, 7) is 0. The zero-order valence-electron chi connectivity index (χ0n) is 19.0. The molecule has 3 aromatic heterocycles. The molecule has 5 rings (SSSR count). The summed E-state index contributed by atoms with van der Waals surface area (Å²) in [6, 6.07) is 18.6. The molecule has 2 aromatic carbocycles. The number of sulfonamides is 1. The largest absolute Gasteiger partial charge is 0.276 e. The second-order valence-electron chi connectivity index (χ2n) is 7.48. The number of tetrazole rings is 1. The van der Waals surface area contributed by atoms with Crippen molar-refractivity contribution in [3.63, 3.8) is 0 Å². The first kappa shape index (κ1) is 24.7. The smallest absolute Gasteiger partial charge is 0.268 e. The zero-order chi connectivity index (χ0) is 26.7. The van der Waals surface area contributed by atoms with Crippen LogP contribution in [0.15, 0.2) is 104 Å². The number of para-hydroxylation sites is 1. The van der Waals surface area contributed by atoms with Gasteiger partial charge in [-0.25, -0.2) is 9.82 Å². The highest BCUT2D eigenvalue weighted by Gasteiger charge is 2.19. The van der Waals surface area contributed by atoms with Gasteiger partial charge in [0.25, 0.3) is 21.3 Å². The third-order valence-corrected chi connectivity index (χ3v) is 7.23. The summed E-state index contributed by atoms with van der Waals surface area (Å²) in [5.74, 6) is 0. The lowest BCUT2D eigenvalue weighted by atomic mass is 10.3. The molecule has 0 radical (unpaired) electrons. The van der Waals surface area contributed by atoms with Crippen molar-refractivity contribution in [3.8, 4) is 5.69 Å². The summed E-state index contributed by atoms with van der Waals surface area (Å²) >= 11 is 0.990. The SMILES string of the molecule is O=c1c(/C=N/NS(=O)(=O)c2cccc([N+](=O)[O-])c2)c(Sc2nnnn2-c2ccccc2)nc2ccccn12. The van der Waals surface area contributed by atoms with Crippen LogP contribution < -0.4 is 10.4 Å². The van der Waals surface area contributed by atoms with Crippen molar-refractivity contribution in [1.29, 1.82) is 0 Å². The molecule has 5 aromatic rings. The molecule has 0 atom stereocenters. The minimum Gasteiger partial charge on any atom is -0.268 e. The molecule has 0 fully saturated rings. The van der Waals surface area contributed by atoms with Gasteiger partial charge in [-0.05, 0) is 52.5 Å². The molecular weight excluding hydrogens is 534 g/mol. The van der Waals surface area contributed by atoms with Gasteiger partial charge in [0.05, 0.1) is 27.3 Å². The van der Waals surface area contributed by atoms with Gasteiger partial charge in [-0.2, -0.15) is 18.2 Å². The van der Waals surface area contributed by atoms with Crippen molar-refractivity contribution in [1.82, 2.24) is 34.4 Å². The first-order valence-electron chi connectivity index (χ1n) is 10.7. The van der Waals surface area contributed by atoms with E-state index in [0.29, 0.717) is 16.5 Å². The molecular formula is C22H15N9O5S2. The molecule has 0 aliphatic carbocycles. The lowest BCUT2D eigenvalue weighted by Gasteiger charge is -2.08. The molecule has 0 aliphatic heterocycles. The van der Waals surface area contributed by atoms with E-state index in [1.165, 1.54) is 27.4 Å². The van der Waals surface area contributed by atoms with Crippen LogP contribution in [0.3, 0.4) is 0 Å². The maximum Gasteiger partial charge on any atom is 0.276 e. The summed E-state index contributed by atoms with van der Waals surface area (Å²) in [4.78, 5) is 29.7. The summed E-state index contributed by atoms with van der Waals surface area (Å²) in [5, 5.41) is 27.0. The fourth-order valence-corrected chi connectivity index (χ4v) is 5.01. The highest BCUT2D eigenvalue weighted by atomic mass is 32.2. The Labute approximate surface area is 217 Å². The predicted molar refractivity (Wildman–Crippen MR) is 136 cm³/mol. The number of nitrogens with one attached hydrogen (secondary N) is 1. The van der Waals surface area contributed by atoms with E-state index in [2.05, 4.69) is 25.6 Å². The van der Waals surface area contributed by atoms with E-state index in [4.69, 9.17) is 0 Å². The Bertz CT molecular complexity index is 1850. The monoisotopic (exact) mass is 549 g/mol. The van der Waals surface area contributed by atoms with Crippen LogP contribution in [-0.4, -0.2) is 49.1 Å². The molecule has 190 valence electrons. The average Bonchev–Trinajstić information content (AvgIpc) is 3.39. The molecule has 0 aliphatic rings. The molecule has 0 saturated carbocycles. The second-order valence-corrected chi connectivity index (χ2v) is 10.1. The highest BCUT2D eigenvalue weighted by Crippen LogP contribution is 2.27. The summed E-state index contributed by atoms with van der Waals surface area (Å²) in [6.07, 6.45) is 2.53. The quantitative estimate of drug-likeness (QED) is 0.130. The van der Waals surface area contributed by atoms with Crippen LogP contribution in [0.25, 0.3) is 11.3 Å². The Morgan fingerprint density at radius 1 is 1.05 bits per heavy atom. The van der Waals surface area contributed by atoms with E-state index in [1.807, 2.05) is 23.0 Å². The minimum absolute atomic E-state index is 0.0388. The van der Waals surface area contributed by atoms with Gasteiger partial charge in [-0.3, -0.25) is 19.3 Å². The number of hydrogen-bond donors (Lipinski definition) is 1. The van der Waals surface area contributed by atoms with E-state index in [-0.39, 0.29) is 15.5 Å². The van der Waals surface area contributed by atoms with Crippen LogP contribution in [0.2, 0.25) is 0 Å². The maximum atomic E-state index is 13.3. The maximum absolute atomic E-state index is 13.3. The molecule has 0 bridgehead atoms. The van der Waals surface area contributed by atoms with Gasteiger partial charge in [-0.15, -0.1) is 5.10 Å². The Balaban J connectivity index is 1.52. The third-order valence-electron chi connectivity index (χ3n) is 5.07. The number of pyridine rings is 1. The summed E-state index contributed by atoms with van der Waals surface area (Å²) < 4.78 is 28.1. The van der Waals surface area contributed by atoms with Gasteiger partial charge in [0, 0.05) is 18.3 Å².